The van der Waals surface area contributed by atoms with Gasteiger partial charge in [0.15, 0.2) is 5.67 Å². The van der Waals surface area contributed by atoms with Crippen LogP contribution in [0.1, 0.15) is 26.5 Å². The van der Waals surface area contributed by atoms with Gasteiger partial charge in [0.05, 0.1) is 0 Å². The van der Waals surface area contributed by atoms with Crippen LogP contribution in [0.4, 0.5) is 4.39 Å². The Bertz CT molecular complexity index is 313. The summed E-state index contributed by atoms with van der Waals surface area (Å²) in [5.41, 5.74) is 3.82. The first kappa shape index (κ1) is 11.2. The summed E-state index contributed by atoms with van der Waals surface area (Å²) in [6, 6.07) is 1.68. The smallest absolute Gasteiger partial charge is 0.171 e. The predicted molar refractivity (Wildman–Crippen MR) is 54.5 cm³/mol. The molecule has 80 valence electrons. The maximum atomic E-state index is 14.6. The van der Waals surface area contributed by atoms with Gasteiger partial charge in [0, 0.05) is 25.2 Å². The number of halogens is 1. The molecule has 0 aliphatic heterocycles. The molecule has 0 aliphatic carbocycles. The van der Waals surface area contributed by atoms with E-state index in [1.54, 1.807) is 24.0 Å². The van der Waals surface area contributed by atoms with Crippen LogP contribution in [0.25, 0.3) is 0 Å². The molecule has 1 rings (SSSR count). The van der Waals surface area contributed by atoms with Gasteiger partial charge in [0.1, 0.15) is 5.69 Å². The molecule has 0 aliphatic rings. The minimum absolute atomic E-state index is 0.0481. The first-order valence-electron chi connectivity index (χ1n) is 4.70. The summed E-state index contributed by atoms with van der Waals surface area (Å²) in [5.74, 6) is 0. The minimum atomic E-state index is -1.56. The first-order valence-corrected chi connectivity index (χ1v) is 4.70. The Hall–Kier alpha value is -0.900. The van der Waals surface area contributed by atoms with E-state index in [4.69, 9.17) is 5.73 Å². The van der Waals surface area contributed by atoms with Gasteiger partial charge in [-0.2, -0.15) is 5.10 Å². The van der Waals surface area contributed by atoms with E-state index < -0.39 is 11.1 Å². The largest absolute Gasteiger partial charge is 0.327 e. The van der Waals surface area contributed by atoms with Gasteiger partial charge in [-0.3, -0.25) is 4.68 Å². The number of aryl methyl sites for hydroxylation is 1. The van der Waals surface area contributed by atoms with Crippen molar-refractivity contribution in [3.8, 4) is 0 Å². The number of aromatic nitrogens is 2. The highest BCUT2D eigenvalue weighted by Gasteiger charge is 2.44. The molecule has 0 radical (unpaired) electrons. The Morgan fingerprint density at radius 1 is 1.50 bits per heavy atom. The van der Waals surface area contributed by atoms with Crippen LogP contribution in [0.15, 0.2) is 12.3 Å². The summed E-state index contributed by atoms with van der Waals surface area (Å²) in [4.78, 5) is 0. The third kappa shape index (κ3) is 1.66. The van der Waals surface area contributed by atoms with Crippen molar-refractivity contribution >= 4 is 0 Å². The van der Waals surface area contributed by atoms with E-state index in [2.05, 4.69) is 5.10 Å². The Morgan fingerprint density at radius 3 is 2.36 bits per heavy atom. The second-order valence-electron chi connectivity index (χ2n) is 4.63. The zero-order chi connectivity index (χ0) is 11.0. The maximum absolute atomic E-state index is 14.6. The molecule has 3 nitrogen and oxygen atoms in total. The highest BCUT2D eigenvalue weighted by molar-refractivity contribution is 5.15. The standard InChI is InChI=1S/C10H18FN3/c1-9(2,3)10(11,7-12)8-5-6-14(4)13-8/h5-6H,7,12H2,1-4H3. The highest BCUT2D eigenvalue weighted by atomic mass is 19.1. The fourth-order valence-corrected chi connectivity index (χ4v) is 1.42. The molecule has 0 saturated carbocycles. The van der Waals surface area contributed by atoms with Crippen molar-refractivity contribution in [1.29, 1.82) is 0 Å². The molecule has 0 bridgehead atoms. The normalized spacial score (nSPS) is 16.7. The van der Waals surface area contributed by atoms with Crippen LogP contribution >= 0.6 is 0 Å². The number of rotatable bonds is 2. The molecule has 0 fully saturated rings. The van der Waals surface area contributed by atoms with E-state index in [-0.39, 0.29) is 6.54 Å². The number of nitrogens with two attached hydrogens (primary N) is 1. The third-order valence-corrected chi connectivity index (χ3v) is 2.59. The molecule has 1 aromatic rings. The van der Waals surface area contributed by atoms with Crippen molar-refractivity contribution in [3.63, 3.8) is 0 Å². The average Bonchev–Trinajstić information content (AvgIpc) is 2.48. The van der Waals surface area contributed by atoms with Gasteiger partial charge in [0.2, 0.25) is 0 Å². The Labute approximate surface area is 84.1 Å². The number of alkyl halides is 1. The van der Waals surface area contributed by atoms with Crippen LogP contribution in [0.2, 0.25) is 0 Å². The van der Waals surface area contributed by atoms with E-state index >= 15 is 0 Å². The summed E-state index contributed by atoms with van der Waals surface area (Å²) < 4.78 is 16.2. The van der Waals surface area contributed by atoms with Gasteiger partial charge in [0.25, 0.3) is 0 Å². The van der Waals surface area contributed by atoms with Crippen molar-refractivity contribution in [1.82, 2.24) is 9.78 Å². The lowest BCUT2D eigenvalue weighted by Gasteiger charge is -2.35. The predicted octanol–water partition coefficient (Wildman–Crippen LogP) is 1.59. The molecular formula is C10H18FN3. The van der Waals surface area contributed by atoms with E-state index in [9.17, 15) is 4.39 Å². The summed E-state index contributed by atoms with van der Waals surface area (Å²) in [6.07, 6.45) is 1.73. The maximum Gasteiger partial charge on any atom is 0.171 e. The lowest BCUT2D eigenvalue weighted by atomic mass is 9.76. The number of nitrogens with zero attached hydrogens (tertiary/aromatic N) is 2. The Kier molecular flexibility index (Phi) is 2.67. The summed E-state index contributed by atoms with van der Waals surface area (Å²) in [7, 11) is 1.77. The van der Waals surface area contributed by atoms with Crippen LogP contribution in [0, 0.1) is 5.41 Å². The van der Waals surface area contributed by atoms with Crippen LogP contribution < -0.4 is 5.73 Å². The molecule has 1 unspecified atom stereocenters. The second-order valence-corrected chi connectivity index (χ2v) is 4.63. The SMILES string of the molecule is Cn1ccc(C(F)(CN)C(C)(C)C)n1. The van der Waals surface area contributed by atoms with Crippen molar-refractivity contribution in [3.05, 3.63) is 18.0 Å². The zero-order valence-electron chi connectivity index (χ0n) is 9.21. The number of hydrogen-bond donors (Lipinski definition) is 1. The second kappa shape index (κ2) is 3.35. The van der Waals surface area contributed by atoms with E-state index in [0.29, 0.717) is 5.69 Å². The molecule has 1 atom stereocenters. The summed E-state index contributed by atoms with van der Waals surface area (Å²) in [5, 5.41) is 4.08. The van der Waals surface area contributed by atoms with E-state index in [1.165, 1.54) is 0 Å². The lowest BCUT2D eigenvalue weighted by molar-refractivity contribution is 0.0294. The van der Waals surface area contributed by atoms with Gasteiger partial charge < -0.3 is 5.73 Å². The van der Waals surface area contributed by atoms with Crippen molar-refractivity contribution < 1.29 is 4.39 Å². The molecule has 0 saturated heterocycles. The van der Waals surface area contributed by atoms with Crippen molar-refractivity contribution in [2.75, 3.05) is 6.54 Å². The van der Waals surface area contributed by atoms with Gasteiger partial charge in [-0.25, -0.2) is 4.39 Å². The zero-order valence-corrected chi connectivity index (χ0v) is 9.21. The molecule has 14 heavy (non-hydrogen) atoms. The lowest BCUT2D eigenvalue weighted by Crippen LogP contribution is -2.43. The summed E-state index contributed by atoms with van der Waals surface area (Å²) >= 11 is 0. The molecular weight excluding hydrogens is 181 g/mol. The highest BCUT2D eigenvalue weighted by Crippen LogP contribution is 2.41. The van der Waals surface area contributed by atoms with Crippen molar-refractivity contribution in [2.24, 2.45) is 18.2 Å². The van der Waals surface area contributed by atoms with Crippen LogP contribution in [0.3, 0.4) is 0 Å². The minimum Gasteiger partial charge on any atom is -0.327 e. The topological polar surface area (TPSA) is 43.8 Å². The van der Waals surface area contributed by atoms with Crippen LogP contribution in [-0.4, -0.2) is 16.3 Å². The fourth-order valence-electron chi connectivity index (χ4n) is 1.42. The molecule has 1 heterocycles. The quantitative estimate of drug-likeness (QED) is 0.786. The average molecular weight is 199 g/mol. The monoisotopic (exact) mass is 199 g/mol. The molecule has 2 N–H and O–H groups in total. The van der Waals surface area contributed by atoms with Gasteiger partial charge in [-0.15, -0.1) is 0 Å². The number of hydrogen-bond acceptors (Lipinski definition) is 2. The van der Waals surface area contributed by atoms with E-state index in [1.807, 2.05) is 20.8 Å². The molecule has 0 amide bonds. The van der Waals surface area contributed by atoms with E-state index in [0.717, 1.165) is 0 Å². The molecule has 0 aromatic carbocycles. The molecule has 1 aromatic heterocycles. The Balaban J connectivity index is 3.14. The van der Waals surface area contributed by atoms with Crippen molar-refractivity contribution in [2.45, 2.75) is 26.4 Å². The van der Waals surface area contributed by atoms with Gasteiger partial charge in [-0.05, 0) is 6.07 Å². The molecule has 0 spiro atoms. The fraction of sp³-hybridized carbons (Fsp3) is 0.700. The van der Waals surface area contributed by atoms with Crippen LogP contribution in [-0.2, 0) is 12.7 Å². The van der Waals surface area contributed by atoms with Crippen LogP contribution in [0.5, 0.6) is 0 Å². The Morgan fingerprint density at radius 2 is 2.07 bits per heavy atom. The van der Waals surface area contributed by atoms with Gasteiger partial charge >= 0.3 is 0 Å². The third-order valence-electron chi connectivity index (χ3n) is 2.59. The summed E-state index contributed by atoms with van der Waals surface area (Å²) in [6.45, 7) is 5.44. The van der Waals surface area contributed by atoms with Gasteiger partial charge in [-0.1, -0.05) is 20.8 Å². The molecule has 4 heteroatoms. The first-order chi connectivity index (χ1) is 6.31.